The lowest BCUT2D eigenvalue weighted by molar-refractivity contribution is -0.128. The predicted octanol–water partition coefficient (Wildman–Crippen LogP) is -0.122. The zero-order valence-electron chi connectivity index (χ0n) is 10.5. The first-order valence-electron chi connectivity index (χ1n) is 5.33. The second-order valence-electron chi connectivity index (χ2n) is 4.34. The largest absolute Gasteiger partial charge is 0.349 e. The van der Waals surface area contributed by atoms with E-state index in [4.69, 9.17) is 0 Å². The molecule has 0 saturated carbocycles. The molecule has 96 valence electrons. The molecule has 0 aliphatic rings. The van der Waals surface area contributed by atoms with Crippen molar-refractivity contribution in [2.75, 3.05) is 32.6 Å². The van der Waals surface area contributed by atoms with Gasteiger partial charge in [-0.05, 0) is 19.9 Å². The molecule has 0 heterocycles. The van der Waals surface area contributed by atoms with E-state index in [1.807, 2.05) is 6.92 Å². The van der Waals surface area contributed by atoms with Crippen molar-refractivity contribution < 1.29 is 13.2 Å². The van der Waals surface area contributed by atoms with Crippen molar-refractivity contribution >= 4 is 15.7 Å². The molecule has 1 atom stereocenters. The number of hydrogen-bond donors (Lipinski definition) is 1. The summed E-state index contributed by atoms with van der Waals surface area (Å²) in [6.45, 7) is 2.49. The Morgan fingerprint density at radius 1 is 1.38 bits per heavy atom. The van der Waals surface area contributed by atoms with Gasteiger partial charge in [-0.15, -0.1) is 0 Å². The molecule has 0 aromatic heterocycles. The number of nitrogens with zero attached hydrogens (tertiary/aromatic N) is 1. The summed E-state index contributed by atoms with van der Waals surface area (Å²) in [7, 11) is 0.521. The van der Waals surface area contributed by atoms with Crippen molar-refractivity contribution in [3.63, 3.8) is 0 Å². The third-order valence-electron chi connectivity index (χ3n) is 2.11. The second kappa shape index (κ2) is 6.85. The number of nitrogens with one attached hydrogen (secondary N) is 1. The molecule has 0 saturated heterocycles. The van der Waals surface area contributed by atoms with Crippen LogP contribution in [0, 0.1) is 0 Å². The van der Waals surface area contributed by atoms with Crippen LogP contribution in [0.3, 0.4) is 0 Å². The fourth-order valence-corrected chi connectivity index (χ4v) is 2.35. The predicted molar refractivity (Wildman–Crippen MR) is 65.1 cm³/mol. The number of carbonyl (C=O) groups excluding carboxylic acids is 1. The van der Waals surface area contributed by atoms with Gasteiger partial charge in [0.15, 0.2) is 0 Å². The first-order chi connectivity index (χ1) is 7.22. The number of carbonyl (C=O) groups is 1. The van der Waals surface area contributed by atoms with Crippen LogP contribution in [0.5, 0.6) is 0 Å². The van der Waals surface area contributed by atoms with Crippen LogP contribution >= 0.6 is 0 Å². The van der Waals surface area contributed by atoms with E-state index >= 15 is 0 Å². The van der Waals surface area contributed by atoms with Gasteiger partial charge in [-0.3, -0.25) is 4.79 Å². The van der Waals surface area contributed by atoms with E-state index in [2.05, 4.69) is 5.32 Å². The van der Waals surface area contributed by atoms with E-state index in [0.29, 0.717) is 13.0 Å². The number of hydrogen-bond acceptors (Lipinski definition) is 4. The molecule has 0 bridgehead atoms. The average molecular weight is 250 g/mol. The summed E-state index contributed by atoms with van der Waals surface area (Å²) in [5.74, 6) is 0.229. The Morgan fingerprint density at radius 3 is 2.38 bits per heavy atom. The van der Waals surface area contributed by atoms with E-state index in [-0.39, 0.29) is 17.7 Å². The maximum atomic E-state index is 11.2. The van der Waals surface area contributed by atoms with Crippen LogP contribution in [-0.4, -0.2) is 57.9 Å². The highest BCUT2D eigenvalue weighted by Crippen LogP contribution is 1.94. The minimum Gasteiger partial charge on any atom is -0.349 e. The van der Waals surface area contributed by atoms with Crippen molar-refractivity contribution in [2.24, 2.45) is 0 Å². The SMILES string of the molecule is CC(CS(C)(=O)=O)NCCCC(=O)N(C)C. The summed E-state index contributed by atoms with van der Waals surface area (Å²) in [6, 6.07) is -0.0653. The Morgan fingerprint density at radius 2 is 1.94 bits per heavy atom. The highest BCUT2D eigenvalue weighted by molar-refractivity contribution is 7.90. The molecular weight excluding hydrogens is 228 g/mol. The number of sulfone groups is 1. The lowest BCUT2D eigenvalue weighted by atomic mass is 10.2. The van der Waals surface area contributed by atoms with Crippen molar-refractivity contribution in [1.29, 1.82) is 0 Å². The molecule has 6 heteroatoms. The van der Waals surface area contributed by atoms with Gasteiger partial charge in [0.2, 0.25) is 5.91 Å². The summed E-state index contributed by atoms with van der Waals surface area (Å²) in [6.07, 6.45) is 2.44. The fourth-order valence-electron chi connectivity index (χ4n) is 1.32. The van der Waals surface area contributed by atoms with E-state index in [0.717, 1.165) is 6.42 Å². The van der Waals surface area contributed by atoms with Gasteiger partial charge in [-0.2, -0.15) is 0 Å². The van der Waals surface area contributed by atoms with Gasteiger partial charge in [0.1, 0.15) is 9.84 Å². The number of rotatable bonds is 7. The Kier molecular flexibility index (Phi) is 6.59. The van der Waals surface area contributed by atoms with Crippen LogP contribution in [-0.2, 0) is 14.6 Å². The van der Waals surface area contributed by atoms with Crippen LogP contribution in [0.4, 0.5) is 0 Å². The molecule has 0 rings (SSSR count). The van der Waals surface area contributed by atoms with Gasteiger partial charge in [0.25, 0.3) is 0 Å². The molecule has 0 spiro atoms. The molecule has 1 N–H and O–H groups in total. The van der Waals surface area contributed by atoms with Crippen molar-refractivity contribution in [1.82, 2.24) is 10.2 Å². The van der Waals surface area contributed by atoms with E-state index < -0.39 is 9.84 Å². The molecule has 5 nitrogen and oxygen atoms in total. The van der Waals surface area contributed by atoms with Crippen molar-refractivity contribution in [3.05, 3.63) is 0 Å². The molecular formula is C10H22N2O3S. The zero-order chi connectivity index (χ0) is 12.8. The molecule has 0 aromatic carbocycles. The summed E-state index contributed by atoms with van der Waals surface area (Å²) < 4.78 is 21.9. The summed E-state index contributed by atoms with van der Waals surface area (Å²) in [4.78, 5) is 12.8. The van der Waals surface area contributed by atoms with Gasteiger partial charge in [0.05, 0.1) is 5.75 Å². The van der Waals surface area contributed by atoms with Gasteiger partial charge < -0.3 is 10.2 Å². The Labute approximate surface area is 98.1 Å². The lowest BCUT2D eigenvalue weighted by Gasteiger charge is -2.13. The van der Waals surface area contributed by atoms with Crippen LogP contribution in [0.15, 0.2) is 0 Å². The normalized spacial score (nSPS) is 13.5. The Bertz CT molecular complexity index is 312. The first kappa shape index (κ1) is 15.4. The van der Waals surface area contributed by atoms with E-state index in [1.54, 1.807) is 19.0 Å². The van der Waals surface area contributed by atoms with Crippen LogP contribution in [0.2, 0.25) is 0 Å². The molecule has 0 aliphatic heterocycles. The molecule has 16 heavy (non-hydrogen) atoms. The van der Waals surface area contributed by atoms with E-state index in [1.165, 1.54) is 6.26 Å². The Hall–Kier alpha value is -0.620. The quantitative estimate of drug-likeness (QED) is 0.640. The van der Waals surface area contributed by atoms with Crippen LogP contribution < -0.4 is 5.32 Å². The highest BCUT2D eigenvalue weighted by Gasteiger charge is 2.09. The molecule has 0 radical (unpaired) electrons. The minimum absolute atomic E-state index is 0.0653. The Balaban J connectivity index is 3.64. The van der Waals surface area contributed by atoms with Gasteiger partial charge in [-0.25, -0.2) is 8.42 Å². The maximum absolute atomic E-state index is 11.2. The number of amides is 1. The smallest absolute Gasteiger partial charge is 0.222 e. The third kappa shape index (κ3) is 8.67. The van der Waals surface area contributed by atoms with Crippen molar-refractivity contribution in [2.45, 2.75) is 25.8 Å². The molecule has 1 unspecified atom stereocenters. The molecule has 0 aromatic rings. The van der Waals surface area contributed by atoms with Crippen LogP contribution in [0.1, 0.15) is 19.8 Å². The first-order valence-corrected chi connectivity index (χ1v) is 7.39. The minimum atomic E-state index is -2.93. The molecule has 0 aliphatic carbocycles. The summed E-state index contributed by atoms with van der Waals surface area (Å²) >= 11 is 0. The van der Waals surface area contributed by atoms with Crippen molar-refractivity contribution in [3.8, 4) is 0 Å². The van der Waals surface area contributed by atoms with Crippen LogP contribution in [0.25, 0.3) is 0 Å². The van der Waals surface area contributed by atoms with Gasteiger partial charge in [-0.1, -0.05) is 0 Å². The third-order valence-corrected chi connectivity index (χ3v) is 3.22. The average Bonchev–Trinajstić information content (AvgIpc) is 2.08. The summed E-state index contributed by atoms with van der Waals surface area (Å²) in [5, 5.41) is 3.08. The standard InChI is InChI=1S/C10H22N2O3S/c1-9(8-16(4,14)15)11-7-5-6-10(13)12(2)3/h9,11H,5-8H2,1-4H3. The monoisotopic (exact) mass is 250 g/mol. The van der Waals surface area contributed by atoms with Gasteiger partial charge in [0, 0.05) is 32.8 Å². The maximum Gasteiger partial charge on any atom is 0.222 e. The molecule has 0 fully saturated rings. The fraction of sp³-hybridized carbons (Fsp3) is 0.900. The summed E-state index contributed by atoms with van der Waals surface area (Å²) in [5.41, 5.74) is 0. The topological polar surface area (TPSA) is 66.5 Å². The van der Waals surface area contributed by atoms with E-state index in [9.17, 15) is 13.2 Å². The molecule has 1 amide bonds. The second-order valence-corrected chi connectivity index (χ2v) is 6.52. The van der Waals surface area contributed by atoms with Gasteiger partial charge >= 0.3 is 0 Å². The highest BCUT2D eigenvalue weighted by atomic mass is 32.2. The zero-order valence-corrected chi connectivity index (χ0v) is 11.3. The lowest BCUT2D eigenvalue weighted by Crippen LogP contribution is -2.33.